The second-order valence-electron chi connectivity index (χ2n) is 20.2. The van der Waals surface area contributed by atoms with Crippen LogP contribution in [0.1, 0.15) is 147 Å². The van der Waals surface area contributed by atoms with Gasteiger partial charge in [0, 0.05) is 10.8 Å². The molecular weight excluding hydrogens is 630 g/mol. The molecule has 0 spiro atoms. The van der Waals surface area contributed by atoms with Gasteiger partial charge in [-0.15, -0.1) is 0 Å². The summed E-state index contributed by atoms with van der Waals surface area (Å²) in [6, 6.07) is -0.777. The van der Waals surface area contributed by atoms with Gasteiger partial charge in [-0.2, -0.15) is 0 Å². The Morgan fingerprint density at radius 1 is 0.940 bits per heavy atom. The van der Waals surface area contributed by atoms with Crippen molar-refractivity contribution in [2.45, 2.75) is 165 Å². The van der Waals surface area contributed by atoms with Crippen molar-refractivity contribution in [1.82, 2.24) is 5.32 Å². The molecule has 0 aromatic carbocycles. The van der Waals surface area contributed by atoms with E-state index in [0.29, 0.717) is 30.1 Å². The highest BCUT2D eigenvalue weighted by atomic mass is 16.5. The van der Waals surface area contributed by atoms with Gasteiger partial charge < -0.3 is 20.1 Å². The number of hydrogen-bond donors (Lipinski definition) is 4. The standard InChI is InChI=1S/C42H69NO7/c1-24(2)22-28(34(45)46)43-35(47)42-19-14-25(3)26(4)33(42)27-12-13-30-39(9)17-16-31(50-32(44)23-37(5,6)36(48)49)38(7,8)29(39)15-18-41(30,11)40(27,10)20-21-42/h14,24,26-31,33,35,43,47H,12-13,15-23H2,1-11H3,(H,45,46)(H,48,49)/t26-,27?,28+,29?,30?,31+,33?,35?,39+,40-,41-,42+/m1/s1. The van der Waals surface area contributed by atoms with Crippen LogP contribution < -0.4 is 5.32 Å². The summed E-state index contributed by atoms with van der Waals surface area (Å²) in [7, 11) is 0. The van der Waals surface area contributed by atoms with Gasteiger partial charge in [-0.05, 0) is 137 Å². The molecule has 4 N–H and O–H groups in total. The zero-order valence-electron chi connectivity index (χ0n) is 33.0. The zero-order chi connectivity index (χ0) is 37.4. The quantitative estimate of drug-likeness (QED) is 0.101. The number of carbonyl (C=O) groups is 3. The van der Waals surface area contributed by atoms with Crippen molar-refractivity contribution in [2.75, 3.05) is 0 Å². The van der Waals surface area contributed by atoms with Crippen molar-refractivity contribution < 1.29 is 34.4 Å². The van der Waals surface area contributed by atoms with Gasteiger partial charge in [0.1, 0.15) is 18.4 Å². The van der Waals surface area contributed by atoms with E-state index in [9.17, 15) is 29.7 Å². The average Bonchev–Trinajstić information content (AvgIpc) is 2.99. The molecule has 0 heterocycles. The van der Waals surface area contributed by atoms with Crippen LogP contribution in [0.25, 0.3) is 0 Å². The second-order valence-corrected chi connectivity index (χ2v) is 20.2. The highest BCUT2D eigenvalue weighted by molar-refractivity contribution is 5.81. The Morgan fingerprint density at radius 2 is 1.60 bits per heavy atom. The highest BCUT2D eigenvalue weighted by Gasteiger charge is 2.71. The van der Waals surface area contributed by atoms with E-state index in [1.54, 1.807) is 13.8 Å². The number of carboxylic acid groups (broad SMARTS) is 2. The van der Waals surface area contributed by atoms with Crippen molar-refractivity contribution in [3.05, 3.63) is 11.6 Å². The monoisotopic (exact) mass is 700 g/mol. The van der Waals surface area contributed by atoms with E-state index in [-0.39, 0.29) is 46.0 Å². The fraction of sp³-hybridized carbons (Fsp3) is 0.881. The molecule has 0 radical (unpaired) electrons. The molecule has 5 rings (SSSR count). The van der Waals surface area contributed by atoms with E-state index < -0.39 is 41.0 Å². The number of aliphatic hydroxyl groups excluding tert-OH is 1. The number of rotatable bonds is 10. The van der Waals surface area contributed by atoms with Crippen molar-refractivity contribution in [3.63, 3.8) is 0 Å². The Hall–Kier alpha value is -1.93. The van der Waals surface area contributed by atoms with E-state index in [2.05, 4.69) is 59.9 Å². The summed E-state index contributed by atoms with van der Waals surface area (Å²) >= 11 is 0. The van der Waals surface area contributed by atoms with Crippen LogP contribution in [0.2, 0.25) is 0 Å². The average molecular weight is 700 g/mol. The summed E-state index contributed by atoms with van der Waals surface area (Å²) in [4.78, 5) is 37.1. The molecular formula is C42H69NO7. The van der Waals surface area contributed by atoms with E-state index in [4.69, 9.17) is 4.74 Å². The number of ether oxygens (including phenoxy) is 1. The molecule has 0 aromatic heterocycles. The maximum Gasteiger partial charge on any atom is 0.320 e. The van der Waals surface area contributed by atoms with Crippen LogP contribution >= 0.6 is 0 Å². The molecule has 50 heavy (non-hydrogen) atoms. The van der Waals surface area contributed by atoms with Crippen LogP contribution in [0, 0.1) is 68.0 Å². The molecule has 284 valence electrons. The van der Waals surface area contributed by atoms with E-state index in [1.807, 2.05) is 13.8 Å². The van der Waals surface area contributed by atoms with Crippen LogP contribution in [0.4, 0.5) is 0 Å². The zero-order valence-corrected chi connectivity index (χ0v) is 33.0. The number of nitrogens with one attached hydrogen (secondary N) is 1. The number of carboxylic acids is 2. The van der Waals surface area contributed by atoms with E-state index in [1.165, 1.54) is 5.57 Å². The molecule has 4 saturated carbocycles. The van der Waals surface area contributed by atoms with Crippen LogP contribution in [0.15, 0.2) is 11.6 Å². The molecule has 4 fully saturated rings. The van der Waals surface area contributed by atoms with Crippen molar-refractivity contribution in [2.24, 2.45) is 68.0 Å². The van der Waals surface area contributed by atoms with Gasteiger partial charge >= 0.3 is 17.9 Å². The van der Waals surface area contributed by atoms with Crippen LogP contribution in [0.3, 0.4) is 0 Å². The molecule has 0 bridgehead atoms. The topological polar surface area (TPSA) is 133 Å². The Balaban J connectivity index is 1.42. The maximum atomic E-state index is 13.1. The third kappa shape index (κ3) is 6.08. The Labute approximate surface area is 302 Å². The highest BCUT2D eigenvalue weighted by Crippen LogP contribution is 2.77. The first-order valence-electron chi connectivity index (χ1n) is 19.7. The van der Waals surface area contributed by atoms with E-state index in [0.717, 1.165) is 57.8 Å². The fourth-order valence-corrected chi connectivity index (χ4v) is 13.3. The number of allylic oxidation sites excluding steroid dienone is 2. The molecule has 5 aliphatic rings. The molecule has 0 saturated heterocycles. The minimum absolute atomic E-state index is 0.0731. The summed E-state index contributed by atoms with van der Waals surface area (Å²) in [5.41, 5.74) is -0.145. The summed E-state index contributed by atoms with van der Waals surface area (Å²) in [6.45, 7) is 24.0. The lowest BCUT2D eigenvalue weighted by Crippen LogP contribution is -2.69. The first-order valence-corrected chi connectivity index (χ1v) is 19.7. The van der Waals surface area contributed by atoms with Crippen LogP contribution in [-0.2, 0) is 19.1 Å². The van der Waals surface area contributed by atoms with Gasteiger partial charge in [0.25, 0.3) is 0 Å². The summed E-state index contributed by atoms with van der Waals surface area (Å²) in [5, 5.41) is 35.1. The maximum absolute atomic E-state index is 13.1. The fourth-order valence-electron chi connectivity index (χ4n) is 13.3. The van der Waals surface area contributed by atoms with Crippen LogP contribution in [-0.4, -0.2) is 51.6 Å². The predicted octanol–water partition coefficient (Wildman–Crippen LogP) is 8.46. The van der Waals surface area contributed by atoms with Gasteiger partial charge in [-0.3, -0.25) is 19.7 Å². The minimum Gasteiger partial charge on any atom is -0.481 e. The van der Waals surface area contributed by atoms with Gasteiger partial charge in [0.15, 0.2) is 0 Å². The van der Waals surface area contributed by atoms with Crippen molar-refractivity contribution in [3.8, 4) is 0 Å². The number of aliphatic hydroxyl groups is 1. The normalized spacial score (nSPS) is 42.1. The lowest BCUT2D eigenvalue weighted by atomic mass is 9.31. The van der Waals surface area contributed by atoms with E-state index >= 15 is 0 Å². The smallest absolute Gasteiger partial charge is 0.320 e. The number of aliphatic carboxylic acids is 2. The SMILES string of the molecule is CC1=CC[C@]2(C(O)N[C@@H](CC(C)C)C(=O)O)CC[C@]3(C)C(CCC4[C@@]5(C)CC[C@H](OC(=O)CC(C)(C)C(=O)O)C(C)(C)C5CC[C@]43C)C2[C@@H]1C. The number of hydrogen-bond acceptors (Lipinski definition) is 6. The molecule has 0 amide bonds. The third-order valence-corrected chi connectivity index (χ3v) is 16.5. The minimum atomic E-state index is -1.16. The number of fused-ring (bicyclic) bond motifs is 7. The summed E-state index contributed by atoms with van der Waals surface area (Å²) in [5.74, 6) is -0.211. The number of esters is 1. The second kappa shape index (κ2) is 13.2. The number of carbonyl (C=O) groups excluding carboxylic acids is 1. The molecule has 0 aliphatic heterocycles. The first kappa shape index (κ1) is 39.3. The first-order chi connectivity index (χ1) is 23.0. The molecule has 12 atom stereocenters. The third-order valence-electron chi connectivity index (χ3n) is 16.5. The molecule has 5 aliphatic carbocycles. The Morgan fingerprint density at radius 3 is 2.20 bits per heavy atom. The molecule has 8 nitrogen and oxygen atoms in total. The van der Waals surface area contributed by atoms with Crippen molar-refractivity contribution in [1.29, 1.82) is 0 Å². The van der Waals surface area contributed by atoms with Crippen molar-refractivity contribution >= 4 is 17.9 Å². The Bertz CT molecular complexity index is 1370. The predicted molar refractivity (Wildman–Crippen MR) is 195 cm³/mol. The van der Waals surface area contributed by atoms with Gasteiger partial charge in [-0.1, -0.05) is 67.0 Å². The molecule has 0 aromatic rings. The lowest BCUT2D eigenvalue weighted by Gasteiger charge is -2.74. The Kier molecular flexibility index (Phi) is 10.4. The molecule has 8 heteroatoms. The van der Waals surface area contributed by atoms with Gasteiger partial charge in [-0.25, -0.2) is 0 Å². The molecule has 5 unspecified atom stereocenters. The largest absolute Gasteiger partial charge is 0.481 e. The lowest BCUT2D eigenvalue weighted by molar-refractivity contribution is -0.262. The van der Waals surface area contributed by atoms with Gasteiger partial charge in [0.05, 0.1) is 11.8 Å². The van der Waals surface area contributed by atoms with Gasteiger partial charge in [0.2, 0.25) is 0 Å². The summed E-state index contributed by atoms with van der Waals surface area (Å²) in [6.07, 6.45) is 10.4. The van der Waals surface area contributed by atoms with Crippen LogP contribution in [0.5, 0.6) is 0 Å². The summed E-state index contributed by atoms with van der Waals surface area (Å²) < 4.78 is 6.16.